The van der Waals surface area contributed by atoms with Crippen LogP contribution in [-0.4, -0.2) is 22.7 Å². The minimum Gasteiger partial charge on any atom is -0.493 e. The van der Waals surface area contributed by atoms with Gasteiger partial charge >= 0.3 is 5.97 Å². The fraction of sp³-hybridized carbons (Fsp3) is 0.407. The summed E-state index contributed by atoms with van der Waals surface area (Å²) in [4.78, 5) is 16.2. The van der Waals surface area contributed by atoms with Gasteiger partial charge in [0.15, 0.2) is 0 Å². The molecule has 3 aromatic rings. The van der Waals surface area contributed by atoms with Crippen LogP contribution in [0, 0.1) is 12.8 Å². The van der Waals surface area contributed by atoms with Gasteiger partial charge < -0.3 is 14.3 Å². The summed E-state index contributed by atoms with van der Waals surface area (Å²) < 4.78 is 11.6. The summed E-state index contributed by atoms with van der Waals surface area (Å²) in [6, 6.07) is 14.0. The van der Waals surface area contributed by atoms with Crippen LogP contribution in [0.25, 0.3) is 11.5 Å². The molecule has 2 unspecified atom stereocenters. The number of aliphatic carboxylic acids is 1. The zero-order valence-electron chi connectivity index (χ0n) is 19.4. The van der Waals surface area contributed by atoms with Crippen LogP contribution < -0.4 is 4.74 Å². The molecule has 32 heavy (non-hydrogen) atoms. The number of carboxylic acids is 1. The van der Waals surface area contributed by atoms with Gasteiger partial charge in [-0.25, -0.2) is 4.98 Å². The fourth-order valence-electron chi connectivity index (χ4n) is 4.39. The van der Waals surface area contributed by atoms with Gasteiger partial charge in [-0.1, -0.05) is 45.0 Å². The zero-order valence-corrected chi connectivity index (χ0v) is 19.4. The minimum absolute atomic E-state index is 0.0989. The molecule has 1 aromatic heterocycles. The number of nitrogens with zero attached hydrogens (tertiary/aromatic N) is 1. The Morgan fingerprint density at radius 3 is 2.69 bits per heavy atom. The summed E-state index contributed by atoms with van der Waals surface area (Å²) in [5, 5.41) is 9.54. The lowest BCUT2D eigenvalue weighted by Crippen LogP contribution is -2.20. The topological polar surface area (TPSA) is 72.6 Å². The van der Waals surface area contributed by atoms with E-state index >= 15 is 0 Å². The highest BCUT2D eigenvalue weighted by atomic mass is 16.5. The van der Waals surface area contributed by atoms with E-state index < -0.39 is 5.97 Å². The van der Waals surface area contributed by atoms with Crippen molar-refractivity contribution in [2.75, 3.05) is 6.61 Å². The van der Waals surface area contributed by atoms with Crippen molar-refractivity contribution in [2.45, 2.75) is 59.3 Å². The second kappa shape index (κ2) is 11.0. The van der Waals surface area contributed by atoms with Gasteiger partial charge in [0.2, 0.25) is 5.89 Å². The van der Waals surface area contributed by atoms with Gasteiger partial charge in [0.1, 0.15) is 12.0 Å². The summed E-state index contributed by atoms with van der Waals surface area (Å²) in [6.45, 7) is 8.49. The Morgan fingerprint density at radius 1 is 1.25 bits per heavy atom. The molecule has 5 nitrogen and oxygen atoms in total. The van der Waals surface area contributed by atoms with E-state index in [1.54, 1.807) is 6.26 Å². The zero-order chi connectivity index (χ0) is 23.1. The van der Waals surface area contributed by atoms with Gasteiger partial charge in [0.25, 0.3) is 0 Å². The molecule has 0 amide bonds. The van der Waals surface area contributed by atoms with Crippen molar-refractivity contribution in [1.82, 2.24) is 4.98 Å². The van der Waals surface area contributed by atoms with Crippen LogP contribution in [0.4, 0.5) is 0 Å². The van der Waals surface area contributed by atoms with Crippen LogP contribution in [-0.2, 0) is 17.6 Å². The van der Waals surface area contributed by atoms with Crippen LogP contribution in [0.3, 0.4) is 0 Å². The number of carboxylic acid groups (broad SMARTS) is 1. The number of hydrogen-bond donors (Lipinski definition) is 1. The van der Waals surface area contributed by atoms with E-state index in [4.69, 9.17) is 9.15 Å². The van der Waals surface area contributed by atoms with Crippen LogP contribution in [0.5, 0.6) is 5.75 Å². The van der Waals surface area contributed by atoms with Gasteiger partial charge in [-0.2, -0.15) is 0 Å². The molecule has 2 atom stereocenters. The second-order valence-electron chi connectivity index (χ2n) is 7.92. The quantitative estimate of drug-likeness (QED) is 0.441. The lowest BCUT2D eigenvalue weighted by molar-refractivity contribution is -0.142. The third-order valence-electron chi connectivity index (χ3n) is 5.99. The number of carbonyl (C=O) groups is 1. The van der Waals surface area contributed by atoms with Gasteiger partial charge in [0, 0.05) is 12.0 Å². The van der Waals surface area contributed by atoms with Gasteiger partial charge in [-0.3, -0.25) is 4.79 Å². The standard InChI is InChI=1S/C25H27NO4.C2H6/c1-3-20(25(27)28)21-10-9-18-14-23(16(2)13-22(18)21)29-12-11-19-15-30-24(26-19)17-7-5-4-6-8-17;1-2/h4-8,13-15,20-21H,3,9-12H2,1-2H3,(H,27,28);1-2H3. The SMILES string of the molecule is CC.CCC(C(=O)O)C1CCc2cc(OCCc3coc(-c4ccccc4)n3)c(C)cc21. The predicted octanol–water partition coefficient (Wildman–Crippen LogP) is 6.44. The van der Waals surface area contributed by atoms with E-state index in [1.165, 1.54) is 11.1 Å². The van der Waals surface area contributed by atoms with E-state index in [2.05, 4.69) is 17.1 Å². The Morgan fingerprint density at radius 2 is 2.00 bits per heavy atom. The van der Waals surface area contributed by atoms with Gasteiger partial charge in [-0.05, 0) is 67.0 Å². The molecule has 1 heterocycles. The van der Waals surface area contributed by atoms with Crippen LogP contribution in [0.15, 0.2) is 53.1 Å². The van der Waals surface area contributed by atoms with Crippen molar-refractivity contribution in [3.05, 3.63) is 71.1 Å². The van der Waals surface area contributed by atoms with E-state index in [-0.39, 0.29) is 11.8 Å². The second-order valence-corrected chi connectivity index (χ2v) is 7.92. The minimum atomic E-state index is -0.698. The van der Waals surface area contributed by atoms with Crippen LogP contribution in [0.2, 0.25) is 0 Å². The lowest BCUT2D eigenvalue weighted by atomic mass is 9.85. The van der Waals surface area contributed by atoms with Crippen molar-refractivity contribution in [1.29, 1.82) is 0 Å². The van der Waals surface area contributed by atoms with Gasteiger partial charge in [-0.15, -0.1) is 0 Å². The molecule has 1 N–H and O–H groups in total. The Labute approximate surface area is 190 Å². The van der Waals surface area contributed by atoms with E-state index in [0.717, 1.165) is 35.4 Å². The molecule has 0 spiro atoms. The molecule has 170 valence electrons. The average molecular weight is 436 g/mol. The highest BCUT2D eigenvalue weighted by Crippen LogP contribution is 2.42. The third-order valence-corrected chi connectivity index (χ3v) is 5.99. The maximum Gasteiger partial charge on any atom is 0.307 e. The first-order valence-corrected chi connectivity index (χ1v) is 11.6. The number of fused-ring (bicyclic) bond motifs is 1. The first-order valence-electron chi connectivity index (χ1n) is 11.6. The first-order chi connectivity index (χ1) is 15.6. The number of aromatic nitrogens is 1. The lowest BCUT2D eigenvalue weighted by Gasteiger charge is -2.20. The number of oxazole rings is 1. The summed E-state index contributed by atoms with van der Waals surface area (Å²) in [6.07, 6.45) is 4.79. The molecule has 1 aliphatic rings. The summed E-state index contributed by atoms with van der Waals surface area (Å²) >= 11 is 0. The van der Waals surface area contributed by atoms with Crippen molar-refractivity contribution in [2.24, 2.45) is 5.92 Å². The summed E-state index contributed by atoms with van der Waals surface area (Å²) in [5.41, 5.74) is 5.26. The summed E-state index contributed by atoms with van der Waals surface area (Å²) in [5.74, 6) is 0.569. The maximum absolute atomic E-state index is 11.6. The van der Waals surface area contributed by atoms with E-state index in [0.29, 0.717) is 25.3 Å². The Hall–Kier alpha value is -3.08. The molecule has 0 aliphatic heterocycles. The molecule has 5 heteroatoms. The largest absolute Gasteiger partial charge is 0.493 e. The molecular weight excluding hydrogens is 402 g/mol. The molecule has 0 saturated carbocycles. The van der Waals surface area contributed by atoms with E-state index in [1.807, 2.05) is 58.0 Å². The Balaban J connectivity index is 0.00000141. The Bertz CT molecular complexity index is 1030. The normalized spacial score (nSPS) is 15.4. The number of hydrogen-bond acceptors (Lipinski definition) is 4. The molecule has 4 rings (SSSR count). The highest BCUT2D eigenvalue weighted by molar-refractivity contribution is 5.72. The van der Waals surface area contributed by atoms with Crippen molar-refractivity contribution in [3.63, 3.8) is 0 Å². The molecule has 0 saturated heterocycles. The summed E-state index contributed by atoms with van der Waals surface area (Å²) in [7, 11) is 0. The molecule has 0 fully saturated rings. The fourth-order valence-corrected chi connectivity index (χ4v) is 4.39. The van der Waals surface area contributed by atoms with E-state index in [9.17, 15) is 9.90 Å². The van der Waals surface area contributed by atoms with Crippen LogP contribution >= 0.6 is 0 Å². The third kappa shape index (κ3) is 5.21. The number of rotatable bonds is 8. The monoisotopic (exact) mass is 435 g/mol. The highest BCUT2D eigenvalue weighted by Gasteiger charge is 2.33. The maximum atomic E-state index is 11.6. The molecule has 0 bridgehead atoms. The molecule has 1 aliphatic carbocycles. The van der Waals surface area contributed by atoms with Crippen molar-refractivity contribution < 1.29 is 19.1 Å². The molecule has 0 radical (unpaired) electrons. The number of benzene rings is 2. The van der Waals surface area contributed by atoms with Gasteiger partial charge in [0.05, 0.1) is 18.2 Å². The number of ether oxygens (including phenoxy) is 1. The smallest absolute Gasteiger partial charge is 0.307 e. The number of aryl methyl sites for hydroxylation is 2. The molecule has 2 aromatic carbocycles. The average Bonchev–Trinajstić information content (AvgIpc) is 3.44. The van der Waals surface area contributed by atoms with Crippen LogP contribution in [0.1, 0.15) is 61.9 Å². The first kappa shape index (κ1) is 23.6. The van der Waals surface area contributed by atoms with Crippen molar-refractivity contribution in [3.8, 4) is 17.2 Å². The Kier molecular flexibility index (Phi) is 8.09. The molecular formula is C27H33NO4. The predicted molar refractivity (Wildman–Crippen MR) is 126 cm³/mol. The van der Waals surface area contributed by atoms with Crippen molar-refractivity contribution >= 4 is 5.97 Å².